The van der Waals surface area contributed by atoms with Crippen molar-refractivity contribution in [1.29, 1.82) is 0 Å². The summed E-state index contributed by atoms with van der Waals surface area (Å²) >= 11 is 0. The van der Waals surface area contributed by atoms with Crippen LogP contribution in [0, 0.1) is 0 Å². The number of aliphatic imine (C=N–C) groups is 1. The molecule has 3 aromatic rings. The minimum atomic E-state index is -0.0711. The van der Waals surface area contributed by atoms with Gasteiger partial charge in [-0.15, -0.1) is 10.2 Å². The van der Waals surface area contributed by atoms with Gasteiger partial charge in [0.1, 0.15) is 17.8 Å². The molecule has 31 heavy (non-hydrogen) atoms. The summed E-state index contributed by atoms with van der Waals surface area (Å²) in [4.78, 5) is 23.5. The Kier molecular flexibility index (Phi) is 5.58. The lowest BCUT2D eigenvalue weighted by Crippen LogP contribution is -2.24. The number of pyridine rings is 1. The molecular weight excluding hydrogens is 388 g/mol. The first-order valence-electron chi connectivity index (χ1n) is 10.1. The van der Waals surface area contributed by atoms with Gasteiger partial charge >= 0.3 is 0 Å². The van der Waals surface area contributed by atoms with Gasteiger partial charge in [-0.25, -0.2) is 4.98 Å². The molecule has 0 saturated heterocycles. The number of fused-ring (bicyclic) bond motifs is 1. The quantitative estimate of drug-likeness (QED) is 0.434. The third-order valence-electron chi connectivity index (χ3n) is 5.19. The van der Waals surface area contributed by atoms with E-state index in [2.05, 4.69) is 35.8 Å². The fraction of sp³-hybridized carbons (Fsp3) is 0.208. The topological polar surface area (TPSA) is 76.3 Å². The van der Waals surface area contributed by atoms with E-state index in [-0.39, 0.29) is 11.9 Å². The van der Waals surface area contributed by atoms with E-state index in [1.165, 1.54) is 0 Å². The van der Waals surface area contributed by atoms with Crippen molar-refractivity contribution in [2.75, 3.05) is 4.90 Å². The molecule has 156 valence electrons. The van der Waals surface area contributed by atoms with Crippen LogP contribution in [0.3, 0.4) is 0 Å². The highest BCUT2D eigenvalue weighted by Gasteiger charge is 2.30. The molecule has 0 bridgehead atoms. The minimum absolute atomic E-state index is 0.0711. The average Bonchev–Trinajstić information content (AvgIpc) is 3.39. The van der Waals surface area contributed by atoms with Crippen molar-refractivity contribution in [3.05, 3.63) is 77.8 Å². The van der Waals surface area contributed by atoms with Gasteiger partial charge < -0.3 is 4.57 Å². The van der Waals surface area contributed by atoms with Crippen LogP contribution in [0.2, 0.25) is 0 Å². The highest BCUT2D eigenvalue weighted by molar-refractivity contribution is 6.10. The third-order valence-corrected chi connectivity index (χ3v) is 5.19. The van der Waals surface area contributed by atoms with E-state index in [4.69, 9.17) is 4.98 Å². The zero-order valence-electron chi connectivity index (χ0n) is 17.9. The number of carbonyl (C=O) groups excluding carboxylic acids is 1. The van der Waals surface area contributed by atoms with E-state index in [1.807, 2.05) is 60.0 Å². The number of anilines is 1. The fourth-order valence-electron chi connectivity index (χ4n) is 3.66. The van der Waals surface area contributed by atoms with Crippen LogP contribution in [-0.2, 0) is 6.54 Å². The zero-order valence-corrected chi connectivity index (χ0v) is 17.9. The summed E-state index contributed by atoms with van der Waals surface area (Å²) in [5.74, 6) is 1.20. The second-order valence-electron chi connectivity index (χ2n) is 7.57. The molecule has 2 aromatic heterocycles. The average molecular weight is 412 g/mol. The van der Waals surface area contributed by atoms with Crippen LogP contribution in [-0.4, -0.2) is 32.4 Å². The van der Waals surface area contributed by atoms with Crippen LogP contribution >= 0.6 is 0 Å². The molecule has 7 heteroatoms. The second-order valence-corrected chi connectivity index (χ2v) is 7.57. The molecule has 0 unspecified atom stereocenters. The Morgan fingerprint density at radius 3 is 2.84 bits per heavy atom. The van der Waals surface area contributed by atoms with E-state index < -0.39 is 0 Å². The number of rotatable bonds is 6. The molecule has 0 saturated carbocycles. The molecule has 0 aliphatic carbocycles. The summed E-state index contributed by atoms with van der Waals surface area (Å²) in [5.41, 5.74) is 4.15. The number of carbonyl (C=O) groups is 1. The highest BCUT2D eigenvalue weighted by atomic mass is 16.2. The molecule has 0 radical (unpaired) electrons. The summed E-state index contributed by atoms with van der Waals surface area (Å²) in [7, 11) is 0. The van der Waals surface area contributed by atoms with Crippen molar-refractivity contribution in [3.63, 3.8) is 0 Å². The first kappa shape index (κ1) is 20.4. The SMILES string of the molecule is C=N/C=C(\C=C/C)c1ccc2c(c1)C(=O)N(c1cccc(-c3nncn3C(C)C)n1)C2. The Bertz CT molecular complexity index is 1200. The van der Waals surface area contributed by atoms with Crippen molar-refractivity contribution in [1.82, 2.24) is 19.7 Å². The first-order valence-corrected chi connectivity index (χ1v) is 10.1. The van der Waals surface area contributed by atoms with Crippen LogP contribution in [0.25, 0.3) is 17.1 Å². The fourth-order valence-corrected chi connectivity index (χ4v) is 3.66. The maximum Gasteiger partial charge on any atom is 0.260 e. The number of hydrogen-bond acceptors (Lipinski definition) is 5. The Morgan fingerprint density at radius 1 is 1.26 bits per heavy atom. The first-order chi connectivity index (χ1) is 15.0. The van der Waals surface area contributed by atoms with Crippen molar-refractivity contribution < 1.29 is 4.79 Å². The molecule has 1 aromatic carbocycles. The Labute approximate surface area is 181 Å². The molecule has 3 heterocycles. The Hall–Kier alpha value is -3.87. The van der Waals surface area contributed by atoms with Gasteiger partial charge in [0.2, 0.25) is 0 Å². The van der Waals surface area contributed by atoms with E-state index in [1.54, 1.807) is 17.4 Å². The molecule has 1 amide bonds. The summed E-state index contributed by atoms with van der Waals surface area (Å²) in [6.45, 7) is 10.1. The number of nitrogens with zero attached hydrogens (tertiary/aromatic N) is 6. The lowest BCUT2D eigenvalue weighted by molar-refractivity contribution is 0.0996. The van der Waals surface area contributed by atoms with Gasteiger partial charge in [0, 0.05) is 17.8 Å². The number of amides is 1. The molecule has 7 nitrogen and oxygen atoms in total. The van der Waals surface area contributed by atoms with Crippen LogP contribution in [0.5, 0.6) is 0 Å². The summed E-state index contributed by atoms with van der Waals surface area (Å²) in [6, 6.07) is 11.7. The van der Waals surface area contributed by atoms with Gasteiger partial charge in [-0.05, 0) is 62.4 Å². The Balaban J connectivity index is 1.68. The summed E-state index contributed by atoms with van der Waals surface area (Å²) < 4.78 is 1.96. The van der Waals surface area contributed by atoms with Gasteiger partial charge in [0.05, 0.1) is 6.54 Å². The highest BCUT2D eigenvalue weighted by Crippen LogP contribution is 2.31. The van der Waals surface area contributed by atoms with Gasteiger partial charge in [0.25, 0.3) is 5.91 Å². The second kappa shape index (κ2) is 8.47. The van der Waals surface area contributed by atoms with Crippen LogP contribution < -0.4 is 4.90 Å². The zero-order chi connectivity index (χ0) is 22.0. The van der Waals surface area contributed by atoms with Crippen molar-refractivity contribution >= 4 is 24.0 Å². The molecule has 0 spiro atoms. The van der Waals surface area contributed by atoms with Crippen molar-refractivity contribution in [2.24, 2.45) is 4.99 Å². The summed E-state index contributed by atoms with van der Waals surface area (Å²) in [5, 5.41) is 8.24. The summed E-state index contributed by atoms with van der Waals surface area (Å²) in [6.07, 6.45) is 7.27. The predicted octanol–water partition coefficient (Wildman–Crippen LogP) is 4.70. The maximum atomic E-state index is 13.2. The number of benzene rings is 1. The minimum Gasteiger partial charge on any atom is -0.310 e. The molecular formula is C24H24N6O. The predicted molar refractivity (Wildman–Crippen MR) is 123 cm³/mol. The lowest BCUT2D eigenvalue weighted by Gasteiger charge is -2.16. The Morgan fingerprint density at radius 2 is 2.10 bits per heavy atom. The van der Waals surface area contributed by atoms with Gasteiger partial charge in [0.15, 0.2) is 5.82 Å². The molecule has 1 aliphatic rings. The molecule has 0 atom stereocenters. The standard InChI is InChI=1S/C24H24N6O/c1-5-7-18(13-25-4)17-10-11-19-14-29(24(31)20(19)12-17)22-9-6-8-21(27-22)23-28-26-15-30(23)16(2)3/h5-13,15-16H,4,14H2,1-3H3/b7-5-,18-13+. The lowest BCUT2D eigenvalue weighted by atomic mass is 10.0. The van der Waals surface area contributed by atoms with Crippen LogP contribution in [0.15, 0.2) is 66.1 Å². The van der Waals surface area contributed by atoms with Gasteiger partial charge in [-0.2, -0.15) is 0 Å². The van der Waals surface area contributed by atoms with Gasteiger partial charge in [-0.3, -0.25) is 14.7 Å². The molecule has 4 rings (SSSR count). The van der Waals surface area contributed by atoms with Crippen molar-refractivity contribution in [2.45, 2.75) is 33.4 Å². The smallest absolute Gasteiger partial charge is 0.260 e. The van der Waals surface area contributed by atoms with E-state index in [9.17, 15) is 4.79 Å². The van der Waals surface area contributed by atoms with Crippen molar-refractivity contribution in [3.8, 4) is 11.5 Å². The van der Waals surface area contributed by atoms with E-state index >= 15 is 0 Å². The normalized spacial score (nSPS) is 14.0. The maximum absolute atomic E-state index is 13.2. The van der Waals surface area contributed by atoms with E-state index in [0.717, 1.165) is 16.7 Å². The molecule has 1 aliphatic heterocycles. The van der Waals surface area contributed by atoms with Crippen LogP contribution in [0.1, 0.15) is 48.3 Å². The molecule has 0 N–H and O–H groups in total. The number of aromatic nitrogens is 4. The third kappa shape index (κ3) is 3.82. The monoisotopic (exact) mass is 412 g/mol. The largest absolute Gasteiger partial charge is 0.310 e. The number of allylic oxidation sites excluding steroid dienone is 3. The van der Waals surface area contributed by atoms with Crippen LogP contribution in [0.4, 0.5) is 5.82 Å². The van der Waals surface area contributed by atoms with E-state index in [0.29, 0.717) is 29.4 Å². The van der Waals surface area contributed by atoms with Gasteiger partial charge in [-0.1, -0.05) is 30.4 Å². The molecule has 0 fully saturated rings. The number of hydrogen-bond donors (Lipinski definition) is 0.